The Morgan fingerprint density at radius 3 is 2.50 bits per heavy atom. The Balaban J connectivity index is 1.31. The minimum absolute atomic E-state index is 0.0230. The van der Waals surface area contributed by atoms with Gasteiger partial charge in [-0.25, -0.2) is 0 Å². The van der Waals surface area contributed by atoms with Gasteiger partial charge in [-0.2, -0.15) is 0 Å². The predicted molar refractivity (Wildman–Crippen MR) is 102 cm³/mol. The minimum Gasteiger partial charge on any atom is -0.332 e. The highest BCUT2D eigenvalue weighted by molar-refractivity contribution is 5.98. The summed E-state index contributed by atoms with van der Waals surface area (Å²) in [6.45, 7) is 7.53. The number of carbonyl (C=O) groups is 2. The fourth-order valence-electron chi connectivity index (χ4n) is 4.96. The number of fused-ring (bicyclic) bond motifs is 2. The van der Waals surface area contributed by atoms with E-state index >= 15 is 0 Å². The molecular formula is C21H29N3O2. The molecule has 1 saturated carbocycles. The summed E-state index contributed by atoms with van der Waals surface area (Å²) in [7, 11) is 0. The molecular weight excluding hydrogens is 326 g/mol. The summed E-state index contributed by atoms with van der Waals surface area (Å²) in [4.78, 5) is 31.3. The molecule has 5 heteroatoms. The van der Waals surface area contributed by atoms with E-state index in [1.165, 1.54) is 19.3 Å². The first kappa shape index (κ1) is 17.5. The van der Waals surface area contributed by atoms with Crippen molar-refractivity contribution in [2.75, 3.05) is 37.6 Å². The van der Waals surface area contributed by atoms with E-state index in [0.717, 1.165) is 35.8 Å². The molecule has 5 nitrogen and oxygen atoms in total. The molecule has 0 radical (unpaired) electrons. The highest BCUT2D eigenvalue weighted by Gasteiger charge is 2.37. The Morgan fingerprint density at radius 2 is 1.88 bits per heavy atom. The van der Waals surface area contributed by atoms with Crippen LogP contribution in [-0.4, -0.2) is 60.4 Å². The van der Waals surface area contributed by atoms with Gasteiger partial charge in [-0.05, 0) is 62.3 Å². The average Bonchev–Trinajstić information content (AvgIpc) is 3.21. The summed E-state index contributed by atoms with van der Waals surface area (Å²) in [6, 6.07) is 6.91. The van der Waals surface area contributed by atoms with Crippen LogP contribution in [-0.2, 0) is 9.59 Å². The van der Waals surface area contributed by atoms with Gasteiger partial charge < -0.3 is 9.80 Å². The molecule has 2 heterocycles. The molecule has 2 amide bonds. The smallest absolute Gasteiger partial charge is 0.246 e. The number of carbonyl (C=O) groups excluding carboxylic acids is 2. The SMILES string of the molecule is Cc1cc(C)cc(N2CCN(C(=O)CCN3C[C@H]4CC[C@@H]3C4)CC2=O)c1. The summed E-state index contributed by atoms with van der Waals surface area (Å²) in [5, 5.41) is 0. The third-order valence-corrected chi connectivity index (χ3v) is 6.23. The van der Waals surface area contributed by atoms with Gasteiger partial charge in [-0.15, -0.1) is 0 Å². The Bertz CT molecular complexity index is 697. The van der Waals surface area contributed by atoms with Crippen molar-refractivity contribution < 1.29 is 9.59 Å². The standard InChI is InChI=1S/C21H29N3O2/c1-15-9-16(2)11-19(10-15)24-8-7-23(14-21(24)26)20(25)5-6-22-13-17-3-4-18(22)12-17/h9-11,17-18H,3-8,12-14H2,1-2H3/t17-,18+/m0/s1. The molecule has 0 spiro atoms. The van der Waals surface area contributed by atoms with E-state index in [0.29, 0.717) is 25.6 Å². The topological polar surface area (TPSA) is 43.9 Å². The molecule has 2 atom stereocenters. The van der Waals surface area contributed by atoms with E-state index in [2.05, 4.69) is 11.0 Å². The minimum atomic E-state index is 0.0230. The second-order valence-electron chi connectivity index (χ2n) is 8.28. The fourth-order valence-corrected chi connectivity index (χ4v) is 4.96. The van der Waals surface area contributed by atoms with Crippen LogP contribution in [0.4, 0.5) is 5.69 Å². The largest absolute Gasteiger partial charge is 0.332 e. The summed E-state index contributed by atoms with van der Waals surface area (Å²) in [5.41, 5.74) is 3.27. The van der Waals surface area contributed by atoms with Gasteiger partial charge in [0.1, 0.15) is 6.54 Å². The fraction of sp³-hybridized carbons (Fsp3) is 0.619. The number of aryl methyl sites for hydroxylation is 2. The van der Waals surface area contributed by atoms with E-state index in [9.17, 15) is 9.59 Å². The number of anilines is 1. The number of hydrogen-bond donors (Lipinski definition) is 0. The molecule has 1 aliphatic carbocycles. The highest BCUT2D eigenvalue weighted by Crippen LogP contribution is 2.37. The van der Waals surface area contributed by atoms with Crippen molar-refractivity contribution >= 4 is 17.5 Å². The molecule has 1 aromatic rings. The zero-order chi connectivity index (χ0) is 18.3. The lowest BCUT2D eigenvalue weighted by Crippen LogP contribution is -2.53. The Kier molecular flexibility index (Phi) is 4.74. The van der Waals surface area contributed by atoms with Gasteiger partial charge in [0.15, 0.2) is 0 Å². The maximum absolute atomic E-state index is 12.6. The molecule has 140 valence electrons. The summed E-state index contributed by atoms with van der Waals surface area (Å²) in [6.07, 6.45) is 4.53. The Hall–Kier alpha value is -1.88. The van der Waals surface area contributed by atoms with Crippen LogP contribution in [0, 0.1) is 19.8 Å². The number of piperidine rings is 1. The molecule has 26 heavy (non-hydrogen) atoms. The Labute approximate surface area is 155 Å². The van der Waals surface area contributed by atoms with Gasteiger partial charge >= 0.3 is 0 Å². The van der Waals surface area contributed by atoms with Crippen LogP contribution in [0.5, 0.6) is 0 Å². The normalized spacial score (nSPS) is 26.0. The third kappa shape index (κ3) is 3.50. The molecule has 2 bridgehead atoms. The molecule has 2 saturated heterocycles. The number of benzene rings is 1. The molecule has 3 aliphatic rings. The van der Waals surface area contributed by atoms with Crippen molar-refractivity contribution in [2.45, 2.75) is 45.6 Å². The first-order valence-corrected chi connectivity index (χ1v) is 9.90. The molecule has 0 N–H and O–H groups in total. The molecule has 1 aromatic carbocycles. The summed E-state index contributed by atoms with van der Waals surface area (Å²) in [5.74, 6) is 1.01. The molecule has 4 rings (SSSR count). The van der Waals surface area contributed by atoms with Gasteiger partial charge in [0.25, 0.3) is 0 Å². The third-order valence-electron chi connectivity index (χ3n) is 6.23. The van der Waals surface area contributed by atoms with Gasteiger partial charge in [0, 0.05) is 44.3 Å². The maximum atomic E-state index is 12.6. The zero-order valence-electron chi connectivity index (χ0n) is 15.9. The van der Waals surface area contributed by atoms with E-state index in [4.69, 9.17) is 0 Å². The lowest BCUT2D eigenvalue weighted by atomic mass is 10.1. The zero-order valence-corrected chi connectivity index (χ0v) is 15.9. The van der Waals surface area contributed by atoms with E-state index in [-0.39, 0.29) is 18.4 Å². The molecule has 0 unspecified atom stereocenters. The van der Waals surface area contributed by atoms with Crippen LogP contribution in [0.2, 0.25) is 0 Å². The van der Waals surface area contributed by atoms with Gasteiger partial charge in [0.05, 0.1) is 0 Å². The van der Waals surface area contributed by atoms with Crippen molar-refractivity contribution in [3.05, 3.63) is 29.3 Å². The number of likely N-dealkylation sites (tertiary alicyclic amines) is 1. The van der Waals surface area contributed by atoms with Gasteiger partial charge in [-0.3, -0.25) is 14.5 Å². The second kappa shape index (κ2) is 7.03. The van der Waals surface area contributed by atoms with Crippen molar-refractivity contribution in [1.82, 2.24) is 9.80 Å². The van der Waals surface area contributed by atoms with Crippen molar-refractivity contribution in [3.8, 4) is 0 Å². The lowest BCUT2D eigenvalue weighted by Gasteiger charge is -2.35. The number of piperazine rings is 1. The van der Waals surface area contributed by atoms with E-state index in [1.54, 1.807) is 4.90 Å². The number of amides is 2. The van der Waals surface area contributed by atoms with Crippen molar-refractivity contribution in [1.29, 1.82) is 0 Å². The van der Waals surface area contributed by atoms with Crippen LogP contribution in [0.15, 0.2) is 18.2 Å². The van der Waals surface area contributed by atoms with Crippen LogP contribution < -0.4 is 4.90 Å². The number of hydrogen-bond acceptors (Lipinski definition) is 3. The first-order chi connectivity index (χ1) is 12.5. The van der Waals surface area contributed by atoms with Crippen LogP contribution >= 0.6 is 0 Å². The lowest BCUT2D eigenvalue weighted by molar-refractivity contribution is -0.137. The van der Waals surface area contributed by atoms with Crippen molar-refractivity contribution in [2.24, 2.45) is 5.92 Å². The molecule has 2 aliphatic heterocycles. The highest BCUT2D eigenvalue weighted by atomic mass is 16.2. The van der Waals surface area contributed by atoms with E-state index < -0.39 is 0 Å². The molecule has 0 aromatic heterocycles. The van der Waals surface area contributed by atoms with Gasteiger partial charge in [-0.1, -0.05) is 6.07 Å². The summed E-state index contributed by atoms with van der Waals surface area (Å²) >= 11 is 0. The molecule has 3 fully saturated rings. The van der Waals surface area contributed by atoms with Crippen LogP contribution in [0.3, 0.4) is 0 Å². The predicted octanol–water partition coefficient (Wildman–Crippen LogP) is 2.35. The van der Waals surface area contributed by atoms with Crippen molar-refractivity contribution in [3.63, 3.8) is 0 Å². The maximum Gasteiger partial charge on any atom is 0.246 e. The van der Waals surface area contributed by atoms with Crippen LogP contribution in [0.25, 0.3) is 0 Å². The summed E-state index contributed by atoms with van der Waals surface area (Å²) < 4.78 is 0. The van der Waals surface area contributed by atoms with Gasteiger partial charge in [0.2, 0.25) is 11.8 Å². The monoisotopic (exact) mass is 355 g/mol. The van der Waals surface area contributed by atoms with Crippen LogP contribution in [0.1, 0.15) is 36.8 Å². The first-order valence-electron chi connectivity index (χ1n) is 9.90. The quantitative estimate of drug-likeness (QED) is 0.833. The Morgan fingerprint density at radius 1 is 1.12 bits per heavy atom. The number of nitrogens with zero attached hydrogens (tertiary/aromatic N) is 3. The number of rotatable bonds is 4. The second-order valence-corrected chi connectivity index (χ2v) is 8.28. The average molecular weight is 355 g/mol. The van der Waals surface area contributed by atoms with E-state index in [1.807, 2.05) is 30.9 Å².